The van der Waals surface area contributed by atoms with E-state index in [1.54, 1.807) is 0 Å². The molecule has 2 N–H and O–H groups in total. The monoisotopic (exact) mass is 246 g/mol. The van der Waals surface area contributed by atoms with E-state index < -0.39 is 0 Å². The highest BCUT2D eigenvalue weighted by atomic mass is 35.5. The lowest BCUT2D eigenvalue weighted by Crippen LogP contribution is -1.93. The van der Waals surface area contributed by atoms with Crippen molar-refractivity contribution in [1.29, 1.82) is 0 Å². The summed E-state index contributed by atoms with van der Waals surface area (Å²) in [6.45, 7) is 0. The molecule has 1 aromatic rings. The second kappa shape index (κ2) is 3.92. The molecule has 0 amide bonds. The zero-order valence-corrected chi connectivity index (χ0v) is 9.15. The highest BCUT2D eigenvalue weighted by molar-refractivity contribution is 7.98. The fraction of sp³-hybridized carbons (Fsp3) is 0.167. The van der Waals surface area contributed by atoms with Gasteiger partial charge in [0.2, 0.25) is 0 Å². The van der Waals surface area contributed by atoms with Gasteiger partial charge in [-0.25, -0.2) is 4.98 Å². The molecule has 0 atom stereocenters. The molecule has 0 aliphatic rings. The van der Waals surface area contributed by atoms with Crippen molar-refractivity contribution >= 4 is 52.3 Å². The quantitative estimate of drug-likeness (QED) is 0.611. The van der Waals surface area contributed by atoms with Crippen LogP contribution in [-0.4, -0.2) is 11.2 Å². The van der Waals surface area contributed by atoms with Gasteiger partial charge in [-0.05, 0) is 6.26 Å². The summed E-state index contributed by atoms with van der Waals surface area (Å²) < 4.78 is 0. The van der Waals surface area contributed by atoms with Gasteiger partial charge in [0.05, 0.1) is 10.7 Å². The maximum absolute atomic E-state index is 5.82. The third-order valence-electron chi connectivity index (χ3n) is 1.23. The topological polar surface area (TPSA) is 38.9 Å². The van der Waals surface area contributed by atoms with Crippen LogP contribution >= 0.6 is 46.6 Å². The molecule has 1 rings (SSSR count). The lowest BCUT2D eigenvalue weighted by atomic mass is 10.6. The van der Waals surface area contributed by atoms with Crippen molar-refractivity contribution in [2.24, 2.45) is 0 Å². The van der Waals surface area contributed by atoms with Crippen molar-refractivity contribution in [3.05, 3.63) is 15.2 Å². The average Bonchev–Trinajstić information content (AvgIpc) is 2.08. The largest absolute Gasteiger partial charge is 0.396 e. The molecule has 1 aromatic heterocycles. The number of anilines is 1. The van der Waals surface area contributed by atoms with E-state index in [0.717, 1.165) is 0 Å². The summed E-state index contributed by atoms with van der Waals surface area (Å²) in [4.78, 5) is 3.94. The van der Waals surface area contributed by atoms with Crippen LogP contribution in [0.3, 0.4) is 0 Å². The van der Waals surface area contributed by atoms with Gasteiger partial charge in [-0.15, -0.1) is 11.8 Å². The molecule has 0 aliphatic heterocycles. The number of nitrogen functional groups attached to an aromatic ring is 1. The third kappa shape index (κ3) is 1.74. The van der Waals surface area contributed by atoms with Crippen LogP contribution < -0.4 is 5.73 Å². The number of nitrogens with two attached hydrogens (primary N) is 1. The van der Waals surface area contributed by atoms with Crippen LogP contribution in [0, 0.1) is 0 Å². The number of thioether (sulfide) groups is 1. The van der Waals surface area contributed by atoms with E-state index in [-0.39, 0.29) is 15.9 Å². The van der Waals surface area contributed by atoms with Crippen LogP contribution in [0.15, 0.2) is 5.03 Å². The second-order valence-electron chi connectivity index (χ2n) is 1.95. The minimum atomic E-state index is 0.183. The van der Waals surface area contributed by atoms with Crippen LogP contribution in [0.1, 0.15) is 0 Å². The van der Waals surface area contributed by atoms with E-state index >= 15 is 0 Å². The molecule has 66 valence electrons. The van der Waals surface area contributed by atoms with Crippen molar-refractivity contribution in [2.45, 2.75) is 5.03 Å². The lowest BCUT2D eigenvalue weighted by Gasteiger charge is -2.05. The number of pyridine rings is 1. The molecule has 1 heterocycles. The van der Waals surface area contributed by atoms with Gasteiger partial charge < -0.3 is 5.73 Å². The molecule has 0 fully saturated rings. The smallest absolute Gasteiger partial charge is 0.151 e. The van der Waals surface area contributed by atoms with Gasteiger partial charge >= 0.3 is 0 Å². The van der Waals surface area contributed by atoms with Crippen LogP contribution in [0.4, 0.5) is 5.69 Å². The number of halogens is 3. The molecule has 0 saturated heterocycles. The Kier molecular flexibility index (Phi) is 3.35. The highest BCUT2D eigenvalue weighted by Gasteiger charge is 2.12. The van der Waals surface area contributed by atoms with Gasteiger partial charge in [0.15, 0.2) is 5.15 Å². The van der Waals surface area contributed by atoms with Gasteiger partial charge in [-0.3, -0.25) is 0 Å². The molecule has 0 aliphatic carbocycles. The standard InChI is InChI=1S/C6H5Cl3N2S/c1-12-6-3(8)4(10)2(7)5(9)11-6/h1H3,(H2,10,11)/i5+2,6+2. The summed E-state index contributed by atoms with van der Waals surface area (Å²) in [7, 11) is 0. The second-order valence-corrected chi connectivity index (χ2v) is 3.86. The molecule has 6 heteroatoms. The van der Waals surface area contributed by atoms with Gasteiger partial charge in [0.25, 0.3) is 0 Å². The predicted molar refractivity (Wildman–Crippen MR) is 55.5 cm³/mol. The first-order valence-electron chi connectivity index (χ1n) is 2.92. The third-order valence-corrected chi connectivity index (χ3v) is 3.16. The van der Waals surface area contributed by atoms with Crippen LogP contribution in [0.2, 0.25) is 15.2 Å². The van der Waals surface area contributed by atoms with Gasteiger partial charge in [0, 0.05) is 0 Å². The molecule has 0 aromatic carbocycles. The Labute approximate surface area is 89.4 Å². The van der Waals surface area contributed by atoms with Gasteiger partial charge in [-0.1, -0.05) is 34.8 Å². The van der Waals surface area contributed by atoms with Crippen LogP contribution in [0.5, 0.6) is 0 Å². The maximum Gasteiger partial charge on any atom is 0.151 e. The Morgan fingerprint density at radius 2 is 2.00 bits per heavy atom. The summed E-state index contributed by atoms with van der Waals surface area (Å²) in [5, 5.41) is 1.34. The highest BCUT2D eigenvalue weighted by Crippen LogP contribution is 2.37. The predicted octanol–water partition coefficient (Wildman–Crippen LogP) is 3.35. The van der Waals surface area contributed by atoms with Crippen molar-refractivity contribution in [1.82, 2.24) is 4.98 Å². The van der Waals surface area contributed by atoms with E-state index in [4.69, 9.17) is 40.5 Å². The molecule has 0 bridgehead atoms. The first kappa shape index (κ1) is 10.3. The summed E-state index contributed by atoms with van der Waals surface area (Å²) in [5.74, 6) is 0. The Morgan fingerprint density at radius 3 is 2.50 bits per heavy atom. The lowest BCUT2D eigenvalue weighted by molar-refractivity contribution is 1.14. The first-order chi connectivity index (χ1) is 5.57. The molecular formula is C6H5Cl3N2S. The molecule has 0 spiro atoms. The number of rotatable bonds is 1. The van der Waals surface area contributed by atoms with Crippen molar-refractivity contribution in [3.63, 3.8) is 0 Å². The minimum Gasteiger partial charge on any atom is -0.396 e. The molecular weight excluding hydrogens is 242 g/mol. The summed E-state index contributed by atoms with van der Waals surface area (Å²) in [5.41, 5.74) is 5.84. The Hall–Kier alpha value is 0.170. The van der Waals surface area contributed by atoms with Gasteiger partial charge in [0.1, 0.15) is 10.0 Å². The van der Waals surface area contributed by atoms with Crippen LogP contribution in [0.25, 0.3) is 0 Å². The fourth-order valence-electron chi connectivity index (χ4n) is 0.645. The summed E-state index contributed by atoms with van der Waals surface area (Å²) in [6.07, 6.45) is 1.83. The van der Waals surface area contributed by atoms with E-state index in [9.17, 15) is 0 Å². The van der Waals surface area contributed by atoms with Gasteiger partial charge in [-0.2, -0.15) is 0 Å². The van der Waals surface area contributed by atoms with E-state index in [1.807, 2.05) is 6.26 Å². The minimum absolute atomic E-state index is 0.183. The van der Waals surface area contributed by atoms with E-state index in [1.165, 1.54) is 11.8 Å². The fourth-order valence-corrected chi connectivity index (χ4v) is 1.91. The molecule has 12 heavy (non-hydrogen) atoms. The number of hydrogen-bond acceptors (Lipinski definition) is 3. The Balaban J connectivity index is 3.39. The zero-order valence-electron chi connectivity index (χ0n) is 6.07. The van der Waals surface area contributed by atoms with E-state index in [0.29, 0.717) is 10.0 Å². The normalized spacial score (nSPS) is 10.3. The summed E-state index contributed by atoms with van der Waals surface area (Å²) >= 11 is 18.6. The summed E-state index contributed by atoms with van der Waals surface area (Å²) in [6, 6.07) is 0. The van der Waals surface area contributed by atoms with Crippen molar-refractivity contribution in [2.75, 3.05) is 12.0 Å². The Morgan fingerprint density at radius 1 is 1.42 bits per heavy atom. The first-order valence-corrected chi connectivity index (χ1v) is 5.27. The molecule has 2 nitrogen and oxygen atoms in total. The number of hydrogen-bond donors (Lipinski definition) is 1. The SMILES string of the molecule is CS[14c]1n[14c](Cl)c(Cl)c(N)c1Cl. The average molecular weight is 248 g/mol. The maximum atomic E-state index is 5.82. The van der Waals surface area contributed by atoms with E-state index in [2.05, 4.69) is 4.98 Å². The molecule has 0 saturated carbocycles. The zero-order chi connectivity index (χ0) is 9.30. The van der Waals surface area contributed by atoms with Crippen molar-refractivity contribution < 1.29 is 0 Å². The number of nitrogens with zero attached hydrogens (tertiary/aromatic N) is 1. The number of aromatic nitrogens is 1. The van der Waals surface area contributed by atoms with Crippen molar-refractivity contribution in [3.8, 4) is 0 Å². The molecule has 0 radical (unpaired) electrons. The Bertz CT molecular complexity index is 316. The molecule has 0 unspecified atom stereocenters. The van der Waals surface area contributed by atoms with Crippen LogP contribution in [-0.2, 0) is 0 Å².